The fourth-order valence-electron chi connectivity index (χ4n) is 1.51. The van der Waals surface area contributed by atoms with Crippen molar-refractivity contribution in [3.8, 4) is 0 Å². The maximum atomic E-state index is 11.6. The largest absolute Gasteiger partial charge is 0.444 e. The number of hydrogen-bond donors (Lipinski definition) is 0. The van der Waals surface area contributed by atoms with E-state index < -0.39 is 17.1 Å². The molecule has 0 radical (unpaired) electrons. The van der Waals surface area contributed by atoms with Crippen LogP contribution in [0.3, 0.4) is 0 Å². The summed E-state index contributed by atoms with van der Waals surface area (Å²) in [6.07, 6.45) is 4.31. The van der Waals surface area contributed by atoms with Crippen molar-refractivity contribution in [1.82, 2.24) is 0 Å². The summed E-state index contributed by atoms with van der Waals surface area (Å²) >= 11 is 0. The zero-order valence-corrected chi connectivity index (χ0v) is 7.53. The minimum Gasteiger partial charge on any atom is -0.444 e. The minimum absolute atomic E-state index is 0.324. The van der Waals surface area contributed by atoms with Gasteiger partial charge >= 0.3 is 6.55 Å². The van der Waals surface area contributed by atoms with Gasteiger partial charge in [-0.2, -0.15) is 19.4 Å². The minimum atomic E-state index is -2.78. The fourth-order valence-corrected chi connectivity index (χ4v) is 2.51. The van der Waals surface area contributed by atoms with Gasteiger partial charge in [-0.25, -0.2) is 0 Å². The third kappa shape index (κ3) is 3.47. The Morgan fingerprint density at radius 2 is 2.00 bits per heavy atom. The molecule has 0 aromatic rings. The summed E-state index contributed by atoms with van der Waals surface area (Å²) in [5.41, 5.74) is 0. The van der Waals surface area contributed by atoms with E-state index in [0.717, 1.165) is 25.7 Å². The van der Waals surface area contributed by atoms with Crippen LogP contribution in [0.5, 0.6) is 0 Å². The first-order valence-corrected chi connectivity index (χ1v) is 5.33. The molecule has 0 bridgehead atoms. The van der Waals surface area contributed by atoms with Gasteiger partial charge in [0.05, 0.1) is 0 Å². The average molecular weight is 196 g/mol. The number of rotatable bonds is 3. The van der Waals surface area contributed by atoms with E-state index in [-0.39, 0.29) is 0 Å². The summed E-state index contributed by atoms with van der Waals surface area (Å²) in [4.78, 5) is 0. The van der Waals surface area contributed by atoms with Crippen molar-refractivity contribution >= 4 is 10.6 Å². The summed E-state index contributed by atoms with van der Waals surface area (Å²) < 4.78 is 36.9. The molecule has 0 unspecified atom stereocenters. The molecule has 0 aromatic carbocycles. The van der Waals surface area contributed by atoms with Crippen LogP contribution in [-0.4, -0.2) is 12.3 Å². The second kappa shape index (κ2) is 4.74. The first-order valence-electron chi connectivity index (χ1n) is 4.06. The molecule has 1 aliphatic rings. The molecule has 0 aromatic heterocycles. The van der Waals surface area contributed by atoms with E-state index >= 15 is 0 Å². The highest BCUT2D eigenvalue weighted by Gasteiger charge is 2.11. The molecule has 0 heterocycles. The van der Waals surface area contributed by atoms with Crippen molar-refractivity contribution in [2.75, 3.05) is 5.75 Å². The molecule has 0 saturated heterocycles. The third-order valence-corrected chi connectivity index (χ3v) is 3.20. The molecular formula is C7H12F2NOS-. The van der Waals surface area contributed by atoms with E-state index in [9.17, 15) is 13.0 Å². The number of hydrogen-bond acceptors (Lipinski definition) is 3. The van der Waals surface area contributed by atoms with E-state index in [0.29, 0.717) is 11.7 Å². The standard InChI is InChI=1S/C7H12F2NOS/c8-7(9)10-12(11)5-6-3-1-2-4-6/h6-7H,1-5H2/q-1. The van der Waals surface area contributed by atoms with Crippen LogP contribution < -0.4 is 0 Å². The molecule has 0 N–H and O–H groups in total. The molecule has 1 fully saturated rings. The summed E-state index contributed by atoms with van der Waals surface area (Å²) in [5, 5.41) is 0. The van der Waals surface area contributed by atoms with Crippen molar-refractivity contribution in [3.05, 3.63) is 0 Å². The highest BCUT2D eigenvalue weighted by molar-refractivity contribution is 7.74. The summed E-state index contributed by atoms with van der Waals surface area (Å²) in [7, 11) is -1.66. The van der Waals surface area contributed by atoms with E-state index in [1.165, 1.54) is 0 Å². The zero-order valence-electron chi connectivity index (χ0n) is 6.71. The van der Waals surface area contributed by atoms with E-state index in [1.54, 1.807) is 0 Å². The van der Waals surface area contributed by atoms with Gasteiger partial charge in [-0.05, 0) is 0 Å². The van der Waals surface area contributed by atoms with Crippen LogP contribution in [0.2, 0.25) is 0 Å². The van der Waals surface area contributed by atoms with Crippen LogP contribution in [0, 0.1) is 5.92 Å². The van der Waals surface area contributed by atoms with Gasteiger partial charge in [0, 0.05) is 0 Å². The van der Waals surface area contributed by atoms with Gasteiger partial charge < -0.3 is 8.57 Å². The lowest BCUT2D eigenvalue weighted by Crippen LogP contribution is -2.02. The number of nitrogens with zero attached hydrogens (tertiary/aromatic N) is 1. The van der Waals surface area contributed by atoms with Crippen LogP contribution in [0.4, 0.5) is 8.78 Å². The Labute approximate surface area is 72.6 Å². The predicted octanol–water partition coefficient (Wildman–Crippen LogP) is 2.55. The third-order valence-electron chi connectivity index (χ3n) is 2.05. The van der Waals surface area contributed by atoms with Crippen LogP contribution in [0.15, 0.2) is 4.36 Å². The lowest BCUT2D eigenvalue weighted by Gasteiger charge is -2.10. The first-order chi connectivity index (χ1) is 5.68. The van der Waals surface area contributed by atoms with E-state index in [2.05, 4.69) is 4.36 Å². The van der Waals surface area contributed by atoms with Gasteiger partial charge in [-0.3, -0.25) is 0 Å². The zero-order chi connectivity index (χ0) is 8.97. The molecule has 0 aliphatic heterocycles. The highest BCUT2D eigenvalue weighted by Crippen LogP contribution is 2.24. The maximum Gasteiger partial charge on any atom is 0.311 e. The van der Waals surface area contributed by atoms with Crippen molar-refractivity contribution in [3.63, 3.8) is 0 Å². The van der Waals surface area contributed by atoms with Gasteiger partial charge in [0.1, 0.15) is 0 Å². The second-order valence-corrected chi connectivity index (χ2v) is 4.21. The SMILES string of the molecule is O=[S-](CC1CCCC1)=NC(F)F. The monoisotopic (exact) mass is 196 g/mol. The van der Waals surface area contributed by atoms with E-state index in [4.69, 9.17) is 0 Å². The topological polar surface area (TPSA) is 29.4 Å². The Hall–Kier alpha value is -0.190. The molecule has 1 rings (SSSR count). The Morgan fingerprint density at radius 3 is 2.50 bits per heavy atom. The molecule has 72 valence electrons. The van der Waals surface area contributed by atoms with Gasteiger partial charge in [0.2, 0.25) is 0 Å². The molecule has 5 heteroatoms. The van der Waals surface area contributed by atoms with Crippen molar-refractivity contribution in [1.29, 1.82) is 0 Å². The van der Waals surface area contributed by atoms with E-state index in [1.807, 2.05) is 0 Å². The van der Waals surface area contributed by atoms with Gasteiger partial charge in [0.15, 0.2) is 0 Å². The van der Waals surface area contributed by atoms with Crippen LogP contribution in [-0.2, 0) is 14.8 Å². The normalized spacial score (nSPS) is 22.2. The lowest BCUT2D eigenvalue weighted by molar-refractivity contribution is 0.162. The molecule has 2 nitrogen and oxygen atoms in total. The molecule has 12 heavy (non-hydrogen) atoms. The van der Waals surface area contributed by atoms with Crippen molar-refractivity contribution < 1.29 is 13.0 Å². The summed E-state index contributed by atoms with van der Waals surface area (Å²) in [6, 6.07) is 0. The van der Waals surface area contributed by atoms with Crippen LogP contribution in [0.25, 0.3) is 0 Å². The molecular weight excluding hydrogens is 184 g/mol. The Bertz CT molecular complexity index is 207. The van der Waals surface area contributed by atoms with Crippen molar-refractivity contribution in [2.45, 2.75) is 32.2 Å². The van der Waals surface area contributed by atoms with Crippen molar-refractivity contribution in [2.24, 2.45) is 10.3 Å². The Kier molecular flexibility index (Phi) is 3.91. The van der Waals surface area contributed by atoms with Crippen LogP contribution in [0.1, 0.15) is 25.7 Å². The maximum absolute atomic E-state index is 11.6. The molecule has 1 saturated carbocycles. The smallest absolute Gasteiger partial charge is 0.311 e. The quantitative estimate of drug-likeness (QED) is 0.504. The van der Waals surface area contributed by atoms with Gasteiger partial charge in [-0.15, -0.1) is 0 Å². The fraction of sp³-hybridized carbons (Fsp3) is 1.00. The number of halogens is 2. The first kappa shape index (κ1) is 9.89. The molecule has 1 aliphatic carbocycles. The molecule has 0 spiro atoms. The summed E-state index contributed by atoms with van der Waals surface area (Å²) in [6.45, 7) is -2.78. The summed E-state index contributed by atoms with van der Waals surface area (Å²) in [5.74, 6) is 0.679. The van der Waals surface area contributed by atoms with Gasteiger partial charge in [-0.1, -0.05) is 37.4 Å². The Morgan fingerprint density at radius 1 is 1.42 bits per heavy atom. The Balaban J connectivity index is 2.34. The van der Waals surface area contributed by atoms with Gasteiger partial charge in [0.25, 0.3) is 0 Å². The molecule has 0 amide bonds. The van der Waals surface area contributed by atoms with Crippen LogP contribution >= 0.6 is 0 Å². The lowest BCUT2D eigenvalue weighted by atomic mass is 10.1. The molecule has 0 atom stereocenters. The highest BCUT2D eigenvalue weighted by atomic mass is 32.2. The number of alkyl halides is 2. The predicted molar refractivity (Wildman–Crippen MR) is 43.3 cm³/mol. The average Bonchev–Trinajstić information content (AvgIpc) is 2.37. The second-order valence-electron chi connectivity index (χ2n) is 3.02.